The van der Waals surface area contributed by atoms with E-state index in [0.29, 0.717) is 17.2 Å². The van der Waals surface area contributed by atoms with Gasteiger partial charge in [-0.25, -0.2) is 9.97 Å². The number of rotatable bonds is 7. The van der Waals surface area contributed by atoms with Gasteiger partial charge in [0.05, 0.1) is 5.75 Å². The average molecular weight is 583 g/mol. The highest BCUT2D eigenvalue weighted by Gasteiger charge is 2.45. The molecule has 0 atom stereocenters. The normalized spacial score (nSPS) is 11.5. The summed E-state index contributed by atoms with van der Waals surface area (Å²) >= 11 is -2.88. The van der Waals surface area contributed by atoms with Crippen LogP contribution in [0.4, 0.5) is 0 Å². The van der Waals surface area contributed by atoms with Crippen LogP contribution >= 0.6 is 0 Å². The summed E-state index contributed by atoms with van der Waals surface area (Å²) in [5.41, 5.74) is 8.09. The average Bonchev–Trinajstić information content (AvgIpc) is 2.99. The molecular formula is C37H35AlN2O3. The number of hydrogen-bond donors (Lipinski definition) is 0. The number of fused-ring (bicyclic) bond motifs is 2. The topological polar surface area (TPSA) is 53.5 Å². The third-order valence-electron chi connectivity index (χ3n) is 7.58. The molecule has 0 saturated carbocycles. The maximum absolute atomic E-state index is 6.66. The monoisotopic (exact) mass is 582 g/mol. The zero-order valence-electron chi connectivity index (χ0n) is 25.5. The van der Waals surface area contributed by atoms with E-state index in [1.165, 1.54) is 5.56 Å². The van der Waals surface area contributed by atoms with Crippen LogP contribution in [0.25, 0.3) is 32.9 Å². The minimum atomic E-state index is -2.88. The van der Waals surface area contributed by atoms with Crippen LogP contribution in [0.1, 0.15) is 43.3 Å². The number of nitrogens with zero attached hydrogens (tertiary/aromatic N) is 2. The van der Waals surface area contributed by atoms with Crippen molar-refractivity contribution in [3.05, 3.63) is 126 Å². The van der Waals surface area contributed by atoms with Gasteiger partial charge in [0, 0.05) is 22.2 Å². The molecule has 0 aliphatic carbocycles. The van der Waals surface area contributed by atoms with Gasteiger partial charge in [-0.2, -0.15) is 0 Å². The molecule has 6 rings (SSSR count). The predicted molar refractivity (Wildman–Crippen MR) is 176 cm³/mol. The van der Waals surface area contributed by atoms with Crippen molar-refractivity contribution >= 4 is 37.0 Å². The van der Waals surface area contributed by atoms with Crippen LogP contribution in [0.15, 0.2) is 103 Å². The predicted octanol–water partition coefficient (Wildman–Crippen LogP) is 9.19. The highest BCUT2D eigenvalue weighted by molar-refractivity contribution is 6.40. The summed E-state index contributed by atoms with van der Waals surface area (Å²) in [6.07, 6.45) is 0. The van der Waals surface area contributed by atoms with E-state index in [2.05, 4.69) is 75.4 Å². The van der Waals surface area contributed by atoms with Crippen molar-refractivity contribution in [3.63, 3.8) is 0 Å². The van der Waals surface area contributed by atoms with E-state index in [0.717, 1.165) is 49.9 Å². The zero-order valence-corrected chi connectivity index (χ0v) is 26.7. The summed E-state index contributed by atoms with van der Waals surface area (Å²) in [5, 5.41) is 2.00. The lowest BCUT2D eigenvalue weighted by molar-refractivity contribution is 0.309. The van der Waals surface area contributed by atoms with E-state index < -0.39 is 15.1 Å². The number of hydrogen-bond acceptors (Lipinski definition) is 5. The minimum absolute atomic E-state index is 0.116. The first-order chi connectivity index (χ1) is 20.6. The van der Waals surface area contributed by atoms with Gasteiger partial charge in [0.25, 0.3) is 0 Å². The number of pyridine rings is 2. The molecule has 6 aromatic rings. The van der Waals surface area contributed by atoms with Crippen molar-refractivity contribution in [1.29, 1.82) is 0 Å². The van der Waals surface area contributed by atoms with Crippen molar-refractivity contribution in [1.82, 2.24) is 9.97 Å². The van der Waals surface area contributed by atoms with Gasteiger partial charge in [0.15, 0.2) is 0 Å². The molecule has 4 aromatic carbocycles. The molecule has 0 fully saturated rings. The van der Waals surface area contributed by atoms with Crippen molar-refractivity contribution in [3.8, 4) is 28.4 Å². The largest absolute Gasteiger partial charge is 1.20 e. The highest BCUT2D eigenvalue weighted by atomic mass is 27.3. The second-order valence-corrected chi connectivity index (χ2v) is 13.3. The highest BCUT2D eigenvalue weighted by Crippen LogP contribution is 2.32. The first-order valence-electron chi connectivity index (χ1n) is 14.6. The quantitative estimate of drug-likeness (QED) is 0.176. The van der Waals surface area contributed by atoms with Gasteiger partial charge < -0.3 is 11.4 Å². The molecule has 6 heteroatoms. The van der Waals surface area contributed by atoms with Crippen molar-refractivity contribution < 1.29 is 11.4 Å². The fourth-order valence-corrected chi connectivity index (χ4v) is 6.51. The fourth-order valence-electron chi connectivity index (χ4n) is 5.09. The Kier molecular flexibility index (Phi) is 7.84. The third-order valence-corrected chi connectivity index (χ3v) is 8.92. The maximum atomic E-state index is 6.66. The van der Waals surface area contributed by atoms with Crippen molar-refractivity contribution in [2.45, 2.75) is 47.0 Å². The molecule has 5 nitrogen and oxygen atoms in total. The Morgan fingerprint density at radius 1 is 0.558 bits per heavy atom. The smallest absolute Gasteiger partial charge is 0.577 e. The molecule has 214 valence electrons. The Bertz CT molecular complexity index is 1910. The molecule has 0 saturated heterocycles. The van der Waals surface area contributed by atoms with Gasteiger partial charge in [-0.15, -0.1) is 0 Å². The minimum Gasteiger partial charge on any atom is -0.577 e. The van der Waals surface area contributed by atoms with Crippen LogP contribution in [0.5, 0.6) is 17.2 Å². The standard InChI is InChI=1S/C16H18O.C11H11NO.C10H9NO.Al/c1-16(2,3)14-8-4-12(5-9-14)13-6-10-15(17)11-7-13;1-7-3-5-9-6-4-8(2)12-10(9)11(7)13;1-7-5-6-8-3-2-4-9(12)10(8)11-7;/h4-11,17H,1-3H3;3-6,13H,1-2H3;2-6,12H,1H3;/q;;;+3/p-3. The Morgan fingerprint density at radius 2 is 1.14 bits per heavy atom. The Morgan fingerprint density at radius 3 is 1.79 bits per heavy atom. The van der Waals surface area contributed by atoms with Crippen LogP contribution in [0, 0.1) is 20.8 Å². The van der Waals surface area contributed by atoms with E-state index in [4.69, 9.17) is 21.3 Å². The van der Waals surface area contributed by atoms with Crippen LogP contribution < -0.4 is 11.4 Å². The SMILES string of the molecule is Cc1ccc2cccc([O][Al]([O]c3ccc(-c4ccc(C(C)(C)C)cc4)cc3)[O]c3c(C)ccc4ccc(C)nc34)c2n1. The number of benzene rings is 4. The lowest BCUT2D eigenvalue weighted by Gasteiger charge is -2.20. The molecule has 0 N–H and O–H groups in total. The van der Waals surface area contributed by atoms with Crippen LogP contribution in [-0.2, 0) is 5.41 Å². The zero-order chi connectivity index (χ0) is 30.1. The summed E-state index contributed by atoms with van der Waals surface area (Å²) in [5.74, 6) is 1.99. The Balaban J connectivity index is 1.34. The molecule has 0 aliphatic heterocycles. The van der Waals surface area contributed by atoms with Crippen molar-refractivity contribution in [2.24, 2.45) is 0 Å². The second-order valence-electron chi connectivity index (χ2n) is 12.0. The van der Waals surface area contributed by atoms with Gasteiger partial charge in [-0.3, -0.25) is 0 Å². The molecule has 0 spiro atoms. The van der Waals surface area contributed by atoms with E-state index >= 15 is 0 Å². The second kappa shape index (κ2) is 11.7. The van der Waals surface area contributed by atoms with Crippen LogP contribution in [-0.4, -0.2) is 25.1 Å². The van der Waals surface area contributed by atoms with Gasteiger partial charge in [0.1, 0.15) is 22.5 Å². The molecule has 0 amide bonds. The van der Waals surface area contributed by atoms with E-state index in [1.54, 1.807) is 0 Å². The Labute approximate surface area is 258 Å². The van der Waals surface area contributed by atoms with Gasteiger partial charge in [0.2, 0.25) is 0 Å². The molecule has 2 aromatic heterocycles. The summed E-state index contributed by atoms with van der Waals surface area (Å²) in [4.78, 5) is 9.57. The summed E-state index contributed by atoms with van der Waals surface area (Å²) < 4.78 is 19.8. The summed E-state index contributed by atoms with van der Waals surface area (Å²) in [6.45, 7) is 12.7. The first kappa shape index (κ1) is 28.7. The van der Waals surface area contributed by atoms with Crippen molar-refractivity contribution in [2.75, 3.05) is 0 Å². The third kappa shape index (κ3) is 6.37. The lowest BCUT2D eigenvalue weighted by atomic mass is 9.86. The summed E-state index contributed by atoms with van der Waals surface area (Å²) in [7, 11) is 0. The number of para-hydroxylation sites is 1. The van der Waals surface area contributed by atoms with E-state index in [-0.39, 0.29) is 5.41 Å². The molecule has 43 heavy (non-hydrogen) atoms. The number of aryl methyl sites for hydroxylation is 3. The first-order valence-corrected chi connectivity index (χ1v) is 16.0. The summed E-state index contributed by atoms with van der Waals surface area (Å²) in [6, 6.07) is 35.0. The molecule has 0 bridgehead atoms. The van der Waals surface area contributed by atoms with Gasteiger partial charge in [-0.05, 0) is 78.8 Å². The molecule has 0 aliphatic rings. The van der Waals surface area contributed by atoms with Crippen LogP contribution in [0.3, 0.4) is 0 Å². The van der Waals surface area contributed by atoms with Gasteiger partial charge >= 0.3 is 15.1 Å². The van der Waals surface area contributed by atoms with E-state index in [9.17, 15) is 0 Å². The lowest BCUT2D eigenvalue weighted by Crippen LogP contribution is -2.37. The molecule has 0 radical (unpaired) electrons. The number of aromatic nitrogens is 2. The molecule has 2 heterocycles. The maximum Gasteiger partial charge on any atom is 1.20 e. The van der Waals surface area contributed by atoms with E-state index in [1.807, 2.05) is 69.3 Å². The molecular weight excluding hydrogens is 547 g/mol. The Hall–Kier alpha value is -4.37. The fraction of sp³-hybridized carbons (Fsp3) is 0.189. The molecule has 0 unspecified atom stereocenters. The van der Waals surface area contributed by atoms with Crippen LogP contribution in [0.2, 0.25) is 0 Å². The van der Waals surface area contributed by atoms with Gasteiger partial charge in [-0.1, -0.05) is 93.6 Å².